The second-order valence-electron chi connectivity index (χ2n) is 7.40. The highest BCUT2D eigenvalue weighted by Gasteiger charge is 2.39. The van der Waals surface area contributed by atoms with E-state index in [9.17, 15) is 19.8 Å². The standard InChI is InChI=1S/C23H30O5/c24-18(13-12-17-8-4-3-5-9-17)14-15-20-19(21(25)16-22(20)26)10-6-1-2-7-11-23(27)28/h1,3-6,8-9,14-15,18-21,24-25H,2,7,10-13,16H2,(H,27,28)/b6-1+,15-14?/t18-,19+,20+,21-/m0/s1. The van der Waals surface area contributed by atoms with Crippen molar-refractivity contribution >= 4 is 11.8 Å². The Kier molecular flexibility index (Phi) is 9.11. The minimum absolute atomic E-state index is 0.00304. The van der Waals surface area contributed by atoms with Gasteiger partial charge in [-0.05, 0) is 37.7 Å². The number of carbonyl (C=O) groups is 2. The summed E-state index contributed by atoms with van der Waals surface area (Å²) in [6, 6.07) is 9.93. The van der Waals surface area contributed by atoms with Crippen molar-refractivity contribution in [2.45, 2.75) is 57.2 Å². The Morgan fingerprint density at radius 3 is 2.68 bits per heavy atom. The quantitative estimate of drug-likeness (QED) is 0.401. The van der Waals surface area contributed by atoms with Crippen LogP contribution in [-0.2, 0) is 16.0 Å². The Balaban J connectivity index is 1.82. The number of aliphatic hydroxyl groups excluding tert-OH is 2. The molecule has 1 fully saturated rings. The van der Waals surface area contributed by atoms with Gasteiger partial charge in [0.1, 0.15) is 5.78 Å². The van der Waals surface area contributed by atoms with E-state index in [1.807, 2.05) is 42.5 Å². The summed E-state index contributed by atoms with van der Waals surface area (Å²) in [6.45, 7) is 0. The molecule has 5 nitrogen and oxygen atoms in total. The summed E-state index contributed by atoms with van der Waals surface area (Å²) < 4.78 is 0. The van der Waals surface area contributed by atoms with E-state index in [1.54, 1.807) is 12.2 Å². The third-order valence-corrected chi connectivity index (χ3v) is 5.19. The highest BCUT2D eigenvalue weighted by molar-refractivity contribution is 5.86. The molecule has 4 atom stereocenters. The van der Waals surface area contributed by atoms with Crippen molar-refractivity contribution in [2.75, 3.05) is 0 Å². The lowest BCUT2D eigenvalue weighted by Gasteiger charge is -2.17. The van der Waals surface area contributed by atoms with Crippen molar-refractivity contribution in [1.82, 2.24) is 0 Å². The van der Waals surface area contributed by atoms with Crippen LogP contribution < -0.4 is 0 Å². The number of unbranched alkanes of at least 4 members (excludes halogenated alkanes) is 1. The number of carbonyl (C=O) groups excluding carboxylic acids is 1. The normalized spacial score (nSPS) is 23.6. The lowest BCUT2D eigenvalue weighted by atomic mass is 9.90. The van der Waals surface area contributed by atoms with E-state index in [-0.39, 0.29) is 30.5 Å². The van der Waals surface area contributed by atoms with Crippen LogP contribution in [0.2, 0.25) is 0 Å². The van der Waals surface area contributed by atoms with Gasteiger partial charge in [0.15, 0.2) is 0 Å². The summed E-state index contributed by atoms with van der Waals surface area (Å²) in [6.07, 6.45) is 9.39. The number of carboxylic acids is 1. The van der Waals surface area contributed by atoms with E-state index < -0.39 is 18.2 Å². The molecule has 0 unspecified atom stereocenters. The number of allylic oxidation sites excluding steroid dienone is 3. The highest BCUT2D eigenvalue weighted by Crippen LogP contribution is 2.33. The molecule has 2 rings (SSSR count). The van der Waals surface area contributed by atoms with Gasteiger partial charge in [-0.1, -0.05) is 54.6 Å². The van der Waals surface area contributed by atoms with Crippen LogP contribution in [0.1, 0.15) is 44.1 Å². The molecule has 0 aromatic heterocycles. The van der Waals surface area contributed by atoms with Crippen LogP contribution in [-0.4, -0.2) is 39.3 Å². The van der Waals surface area contributed by atoms with E-state index in [4.69, 9.17) is 5.11 Å². The maximum absolute atomic E-state index is 12.2. The Morgan fingerprint density at radius 1 is 1.21 bits per heavy atom. The van der Waals surface area contributed by atoms with Crippen LogP contribution in [0.5, 0.6) is 0 Å². The number of hydrogen-bond donors (Lipinski definition) is 3. The number of aliphatic hydroxyl groups is 2. The monoisotopic (exact) mass is 386 g/mol. The first-order valence-electron chi connectivity index (χ1n) is 9.95. The molecular weight excluding hydrogens is 356 g/mol. The molecule has 1 aliphatic rings. The molecule has 0 aliphatic heterocycles. The zero-order chi connectivity index (χ0) is 20.4. The summed E-state index contributed by atoms with van der Waals surface area (Å²) in [5.41, 5.74) is 1.16. The SMILES string of the molecule is O=C(O)CCC/C=C/C[C@H]1[C@@H](O)CC(=O)[C@@H]1C=C[C@@H](O)CCc1ccccc1. The van der Waals surface area contributed by atoms with Gasteiger partial charge in [-0.3, -0.25) is 9.59 Å². The molecule has 152 valence electrons. The molecule has 1 saturated carbocycles. The molecule has 1 aromatic rings. The molecule has 0 spiro atoms. The number of carboxylic acid groups (broad SMARTS) is 1. The van der Waals surface area contributed by atoms with Crippen molar-refractivity contribution in [3.63, 3.8) is 0 Å². The van der Waals surface area contributed by atoms with Crippen molar-refractivity contribution < 1.29 is 24.9 Å². The zero-order valence-electron chi connectivity index (χ0n) is 16.1. The predicted molar refractivity (Wildman–Crippen MR) is 108 cm³/mol. The predicted octanol–water partition coefficient (Wildman–Crippen LogP) is 3.30. The maximum Gasteiger partial charge on any atom is 0.303 e. The Bertz CT molecular complexity index is 679. The third-order valence-electron chi connectivity index (χ3n) is 5.19. The summed E-state index contributed by atoms with van der Waals surface area (Å²) >= 11 is 0. The lowest BCUT2D eigenvalue weighted by Crippen LogP contribution is -2.19. The molecule has 3 N–H and O–H groups in total. The van der Waals surface area contributed by atoms with Crippen LogP contribution in [0.25, 0.3) is 0 Å². The van der Waals surface area contributed by atoms with Crippen LogP contribution in [0.4, 0.5) is 0 Å². The number of ketones is 1. The first-order chi connectivity index (χ1) is 13.5. The number of Topliss-reactive ketones (excluding diaryl/α,β-unsaturated/α-hetero) is 1. The minimum atomic E-state index is -0.804. The zero-order valence-corrected chi connectivity index (χ0v) is 16.1. The van der Waals surface area contributed by atoms with E-state index in [2.05, 4.69) is 0 Å². The fraction of sp³-hybridized carbons (Fsp3) is 0.478. The van der Waals surface area contributed by atoms with Gasteiger partial charge in [-0.15, -0.1) is 0 Å². The van der Waals surface area contributed by atoms with Crippen molar-refractivity contribution in [3.05, 3.63) is 60.2 Å². The summed E-state index contributed by atoms with van der Waals surface area (Å²) in [4.78, 5) is 22.7. The topological polar surface area (TPSA) is 94.8 Å². The van der Waals surface area contributed by atoms with Gasteiger partial charge in [0.2, 0.25) is 0 Å². The van der Waals surface area contributed by atoms with Gasteiger partial charge in [0, 0.05) is 24.7 Å². The molecule has 0 saturated heterocycles. The van der Waals surface area contributed by atoms with Crippen molar-refractivity contribution in [2.24, 2.45) is 11.8 Å². The fourth-order valence-electron chi connectivity index (χ4n) is 3.57. The molecule has 28 heavy (non-hydrogen) atoms. The molecule has 0 radical (unpaired) electrons. The Hall–Kier alpha value is -2.24. The summed E-state index contributed by atoms with van der Waals surface area (Å²) in [5, 5.41) is 29.0. The highest BCUT2D eigenvalue weighted by atomic mass is 16.4. The molecule has 1 aromatic carbocycles. The number of hydrogen-bond acceptors (Lipinski definition) is 4. The Labute approximate surface area is 166 Å². The van der Waals surface area contributed by atoms with Crippen molar-refractivity contribution in [3.8, 4) is 0 Å². The second kappa shape index (κ2) is 11.6. The van der Waals surface area contributed by atoms with Gasteiger partial charge in [-0.25, -0.2) is 0 Å². The van der Waals surface area contributed by atoms with E-state index in [0.29, 0.717) is 25.7 Å². The average Bonchev–Trinajstić information content (AvgIpc) is 2.94. The van der Waals surface area contributed by atoms with Gasteiger partial charge in [0.25, 0.3) is 0 Å². The fourth-order valence-corrected chi connectivity index (χ4v) is 3.57. The second-order valence-corrected chi connectivity index (χ2v) is 7.40. The molecule has 0 heterocycles. The van der Waals surface area contributed by atoms with Gasteiger partial charge < -0.3 is 15.3 Å². The van der Waals surface area contributed by atoms with Crippen LogP contribution in [0, 0.1) is 11.8 Å². The van der Waals surface area contributed by atoms with Gasteiger partial charge in [-0.2, -0.15) is 0 Å². The number of benzene rings is 1. The summed E-state index contributed by atoms with van der Waals surface area (Å²) in [5.74, 6) is -1.38. The van der Waals surface area contributed by atoms with Crippen LogP contribution >= 0.6 is 0 Å². The van der Waals surface area contributed by atoms with Gasteiger partial charge >= 0.3 is 5.97 Å². The molecule has 1 aliphatic carbocycles. The van der Waals surface area contributed by atoms with Crippen molar-refractivity contribution in [1.29, 1.82) is 0 Å². The maximum atomic E-state index is 12.2. The number of aryl methyl sites for hydroxylation is 1. The number of aliphatic carboxylic acids is 1. The minimum Gasteiger partial charge on any atom is -0.481 e. The van der Waals surface area contributed by atoms with Crippen LogP contribution in [0.3, 0.4) is 0 Å². The Morgan fingerprint density at radius 2 is 1.96 bits per heavy atom. The van der Waals surface area contributed by atoms with E-state index >= 15 is 0 Å². The smallest absolute Gasteiger partial charge is 0.303 e. The summed E-state index contributed by atoms with van der Waals surface area (Å²) in [7, 11) is 0. The third kappa shape index (κ3) is 7.41. The average molecular weight is 386 g/mol. The molecule has 0 bridgehead atoms. The lowest BCUT2D eigenvalue weighted by molar-refractivity contribution is -0.137. The first-order valence-corrected chi connectivity index (χ1v) is 9.95. The molecular formula is C23H30O5. The van der Waals surface area contributed by atoms with E-state index in [1.165, 1.54) is 0 Å². The first kappa shape index (κ1) is 22.1. The molecule has 0 amide bonds. The largest absolute Gasteiger partial charge is 0.481 e. The van der Waals surface area contributed by atoms with Gasteiger partial charge in [0.05, 0.1) is 12.2 Å². The molecule has 5 heteroatoms. The number of rotatable bonds is 11. The van der Waals surface area contributed by atoms with Crippen LogP contribution in [0.15, 0.2) is 54.6 Å². The van der Waals surface area contributed by atoms with E-state index in [0.717, 1.165) is 12.0 Å².